The summed E-state index contributed by atoms with van der Waals surface area (Å²) in [6, 6.07) is 7.95. The average molecular weight is 388 g/mol. The minimum atomic E-state index is -0.369. The number of hydrogen-bond donors (Lipinski definition) is 1. The number of rotatable bonds is 6. The van der Waals surface area contributed by atoms with E-state index in [9.17, 15) is 9.59 Å². The Kier molecular flexibility index (Phi) is 7.42. The zero-order valence-electron chi connectivity index (χ0n) is 13.3. The van der Waals surface area contributed by atoms with E-state index in [2.05, 4.69) is 21.2 Å². The summed E-state index contributed by atoms with van der Waals surface area (Å²) in [5.41, 5.74) is 0.809. The smallest absolute Gasteiger partial charge is 0.319 e. The van der Waals surface area contributed by atoms with Gasteiger partial charge in [0.05, 0.1) is 5.25 Å². The maximum atomic E-state index is 11.9. The molecule has 6 heteroatoms. The quantitative estimate of drug-likeness (QED) is 0.758. The zero-order chi connectivity index (χ0) is 16.8. The Morgan fingerprint density at radius 3 is 2.41 bits per heavy atom. The molecule has 0 saturated heterocycles. The molecular formula is C16H22BrNO3S. The third-order valence-electron chi connectivity index (χ3n) is 2.61. The van der Waals surface area contributed by atoms with Gasteiger partial charge in [-0.05, 0) is 45.4 Å². The number of thioether (sulfide) groups is 1. The molecule has 0 radical (unpaired) electrons. The third-order valence-corrected chi connectivity index (χ3v) is 4.33. The number of halogens is 1. The summed E-state index contributed by atoms with van der Waals surface area (Å²) in [5.74, 6) is 0.0645. The molecule has 1 atom stereocenters. The Balaban J connectivity index is 2.33. The normalized spacial score (nSPS) is 12.6. The van der Waals surface area contributed by atoms with Gasteiger partial charge in [-0.1, -0.05) is 28.1 Å². The van der Waals surface area contributed by atoms with Gasteiger partial charge in [0.15, 0.2) is 6.61 Å². The second-order valence-corrected chi connectivity index (χ2v) is 8.23. The molecule has 1 rings (SSSR count). The first-order chi connectivity index (χ1) is 10.2. The number of carbonyl (C=O) groups excluding carboxylic acids is 2. The number of ether oxygens (including phenoxy) is 1. The molecule has 1 amide bonds. The van der Waals surface area contributed by atoms with Crippen molar-refractivity contribution in [1.82, 2.24) is 5.32 Å². The third kappa shape index (κ3) is 7.84. The molecular weight excluding hydrogens is 366 g/mol. The minimum Gasteiger partial charge on any atom is -0.455 e. The van der Waals surface area contributed by atoms with E-state index < -0.39 is 0 Å². The fraction of sp³-hybridized carbons (Fsp3) is 0.500. The van der Waals surface area contributed by atoms with Gasteiger partial charge in [-0.2, -0.15) is 0 Å². The highest BCUT2D eigenvalue weighted by atomic mass is 79.9. The summed E-state index contributed by atoms with van der Waals surface area (Å²) in [4.78, 5) is 23.5. The number of benzene rings is 1. The van der Waals surface area contributed by atoms with Crippen LogP contribution in [0.3, 0.4) is 0 Å². The Morgan fingerprint density at radius 2 is 1.86 bits per heavy atom. The van der Waals surface area contributed by atoms with Crippen LogP contribution in [0.4, 0.5) is 0 Å². The molecule has 0 aliphatic heterocycles. The van der Waals surface area contributed by atoms with Gasteiger partial charge >= 0.3 is 5.97 Å². The largest absolute Gasteiger partial charge is 0.455 e. The van der Waals surface area contributed by atoms with Crippen molar-refractivity contribution >= 4 is 39.6 Å². The molecule has 0 aliphatic carbocycles. The molecule has 22 heavy (non-hydrogen) atoms. The van der Waals surface area contributed by atoms with Gasteiger partial charge in [0.2, 0.25) is 0 Å². The van der Waals surface area contributed by atoms with Crippen LogP contribution in [0.15, 0.2) is 28.7 Å². The van der Waals surface area contributed by atoms with E-state index >= 15 is 0 Å². The summed E-state index contributed by atoms with van der Waals surface area (Å²) in [7, 11) is 0. The number of carbonyl (C=O) groups is 2. The molecule has 0 unspecified atom stereocenters. The lowest BCUT2D eigenvalue weighted by Crippen LogP contribution is -2.43. The average Bonchev–Trinajstić information content (AvgIpc) is 2.42. The molecule has 0 spiro atoms. The van der Waals surface area contributed by atoms with Crippen molar-refractivity contribution in [1.29, 1.82) is 0 Å². The summed E-state index contributed by atoms with van der Waals surface area (Å²) < 4.78 is 6.07. The van der Waals surface area contributed by atoms with Crippen molar-refractivity contribution in [2.75, 3.05) is 6.61 Å². The first-order valence-corrected chi connectivity index (χ1v) is 8.85. The molecule has 1 aromatic rings. The first kappa shape index (κ1) is 19.0. The maximum Gasteiger partial charge on any atom is 0.319 e. The fourth-order valence-electron chi connectivity index (χ4n) is 1.58. The molecule has 0 heterocycles. The molecule has 1 aromatic carbocycles. The molecule has 1 N–H and O–H groups in total. The molecule has 0 aromatic heterocycles. The van der Waals surface area contributed by atoms with Crippen LogP contribution in [-0.4, -0.2) is 29.3 Å². The van der Waals surface area contributed by atoms with Gasteiger partial charge in [-0.3, -0.25) is 9.59 Å². The predicted molar refractivity (Wildman–Crippen MR) is 93.8 cm³/mol. The van der Waals surface area contributed by atoms with Crippen LogP contribution in [0.5, 0.6) is 0 Å². The Hall–Kier alpha value is -1.01. The number of nitrogens with one attached hydrogen (secondary N) is 1. The molecule has 122 valence electrons. The minimum absolute atomic E-state index is 0.237. The summed E-state index contributed by atoms with van der Waals surface area (Å²) >= 11 is 4.87. The molecule has 4 nitrogen and oxygen atoms in total. The van der Waals surface area contributed by atoms with Crippen LogP contribution in [0.2, 0.25) is 0 Å². The SMILES string of the molecule is C[C@@H](SCc1ccc(Br)cc1)C(=O)OCC(=O)NC(C)(C)C. The summed E-state index contributed by atoms with van der Waals surface area (Å²) in [6.07, 6.45) is 0. The maximum absolute atomic E-state index is 11.9. The second kappa shape index (κ2) is 8.58. The van der Waals surface area contributed by atoms with Gasteiger partial charge in [0.1, 0.15) is 0 Å². The van der Waals surface area contributed by atoms with E-state index in [1.807, 2.05) is 45.0 Å². The number of hydrogen-bond acceptors (Lipinski definition) is 4. The zero-order valence-corrected chi connectivity index (χ0v) is 15.7. The monoisotopic (exact) mass is 387 g/mol. The van der Waals surface area contributed by atoms with Crippen molar-refractivity contribution in [2.45, 2.75) is 44.2 Å². The Labute approximate surface area is 144 Å². The summed E-state index contributed by atoms with van der Waals surface area (Å²) in [6.45, 7) is 7.18. The van der Waals surface area contributed by atoms with Crippen molar-refractivity contribution in [3.8, 4) is 0 Å². The van der Waals surface area contributed by atoms with Crippen molar-refractivity contribution < 1.29 is 14.3 Å². The molecule has 0 fully saturated rings. The van der Waals surface area contributed by atoms with E-state index in [0.29, 0.717) is 0 Å². The highest BCUT2D eigenvalue weighted by Gasteiger charge is 2.18. The van der Waals surface area contributed by atoms with E-state index in [1.165, 1.54) is 11.8 Å². The molecule has 0 saturated carbocycles. The van der Waals surface area contributed by atoms with E-state index in [1.54, 1.807) is 6.92 Å². The predicted octanol–water partition coefficient (Wildman–Crippen LogP) is 3.53. The van der Waals surface area contributed by atoms with E-state index in [4.69, 9.17) is 4.74 Å². The van der Waals surface area contributed by atoms with Crippen LogP contribution in [-0.2, 0) is 20.1 Å². The van der Waals surface area contributed by atoms with Crippen LogP contribution in [0.1, 0.15) is 33.3 Å². The first-order valence-electron chi connectivity index (χ1n) is 7.01. The highest BCUT2D eigenvalue weighted by Crippen LogP contribution is 2.20. The van der Waals surface area contributed by atoms with E-state index in [-0.39, 0.29) is 29.3 Å². The van der Waals surface area contributed by atoms with Gasteiger partial charge in [0.25, 0.3) is 5.91 Å². The van der Waals surface area contributed by atoms with E-state index in [0.717, 1.165) is 15.8 Å². The molecule has 0 aliphatic rings. The van der Waals surface area contributed by atoms with Crippen molar-refractivity contribution in [2.24, 2.45) is 0 Å². The Bertz CT molecular complexity index is 511. The topological polar surface area (TPSA) is 55.4 Å². The van der Waals surface area contributed by atoms with Gasteiger partial charge in [-0.15, -0.1) is 11.8 Å². The summed E-state index contributed by atoms with van der Waals surface area (Å²) in [5, 5.41) is 2.44. The number of amides is 1. The lowest BCUT2D eigenvalue weighted by atomic mass is 10.1. The van der Waals surface area contributed by atoms with Crippen molar-refractivity contribution in [3.05, 3.63) is 34.3 Å². The number of esters is 1. The fourth-order valence-corrected chi connectivity index (χ4v) is 2.68. The van der Waals surface area contributed by atoms with Crippen LogP contribution < -0.4 is 5.32 Å². The van der Waals surface area contributed by atoms with Crippen molar-refractivity contribution in [3.63, 3.8) is 0 Å². The lowest BCUT2D eigenvalue weighted by molar-refractivity contribution is -0.148. The Morgan fingerprint density at radius 1 is 1.27 bits per heavy atom. The second-order valence-electron chi connectivity index (χ2n) is 5.99. The van der Waals surface area contributed by atoms with Crippen LogP contribution in [0.25, 0.3) is 0 Å². The van der Waals surface area contributed by atoms with Gasteiger partial charge in [-0.25, -0.2) is 0 Å². The standard InChI is InChI=1S/C16H22BrNO3S/c1-11(22-10-12-5-7-13(17)8-6-12)15(20)21-9-14(19)18-16(2,3)4/h5-8,11H,9-10H2,1-4H3,(H,18,19)/t11-/m1/s1. The van der Waals surface area contributed by atoms with Crippen LogP contribution >= 0.6 is 27.7 Å². The van der Waals surface area contributed by atoms with Gasteiger partial charge < -0.3 is 10.1 Å². The van der Waals surface area contributed by atoms with Crippen LogP contribution in [0, 0.1) is 0 Å². The lowest BCUT2D eigenvalue weighted by Gasteiger charge is -2.20. The molecule has 0 bridgehead atoms. The highest BCUT2D eigenvalue weighted by molar-refractivity contribution is 9.10. The van der Waals surface area contributed by atoms with Gasteiger partial charge in [0, 0.05) is 15.8 Å².